The minimum Gasteiger partial charge on any atom is -0.305 e. The SMILES string of the molecule is CCn1c(SCC=C(C)C)nnc1[C@@H](C)NS(=O)(=O)c1ccc(Cl)cc1. The molecule has 2 rings (SSSR count). The molecule has 6 nitrogen and oxygen atoms in total. The minimum atomic E-state index is -3.67. The summed E-state index contributed by atoms with van der Waals surface area (Å²) in [6, 6.07) is 5.53. The Balaban J connectivity index is 2.18. The maximum Gasteiger partial charge on any atom is 0.241 e. The molecular formula is C17H23ClN4O2S2. The van der Waals surface area contributed by atoms with Crippen LogP contribution in [0, 0.1) is 0 Å². The zero-order valence-electron chi connectivity index (χ0n) is 15.2. The lowest BCUT2D eigenvalue weighted by atomic mass is 10.3. The molecule has 0 aliphatic rings. The Morgan fingerprint density at radius 1 is 1.31 bits per heavy atom. The van der Waals surface area contributed by atoms with Gasteiger partial charge in [0.15, 0.2) is 11.0 Å². The van der Waals surface area contributed by atoms with Gasteiger partial charge in [-0.25, -0.2) is 13.1 Å². The Labute approximate surface area is 164 Å². The van der Waals surface area contributed by atoms with Crippen LogP contribution < -0.4 is 4.72 Å². The first-order chi connectivity index (χ1) is 12.2. The number of thioether (sulfide) groups is 1. The van der Waals surface area contributed by atoms with Crippen LogP contribution in [-0.2, 0) is 16.6 Å². The van der Waals surface area contributed by atoms with Crippen LogP contribution in [0.2, 0.25) is 5.02 Å². The van der Waals surface area contributed by atoms with Crippen molar-refractivity contribution in [3.8, 4) is 0 Å². The second kappa shape index (κ2) is 9.03. The molecule has 0 bridgehead atoms. The smallest absolute Gasteiger partial charge is 0.241 e. The molecule has 0 spiro atoms. The monoisotopic (exact) mass is 414 g/mol. The number of halogens is 1. The molecule has 1 atom stereocenters. The highest BCUT2D eigenvalue weighted by atomic mass is 35.5. The fourth-order valence-electron chi connectivity index (χ4n) is 2.27. The van der Waals surface area contributed by atoms with Crippen LogP contribution in [-0.4, -0.2) is 28.9 Å². The van der Waals surface area contributed by atoms with Gasteiger partial charge in [-0.05, 0) is 52.0 Å². The van der Waals surface area contributed by atoms with Gasteiger partial charge < -0.3 is 4.57 Å². The van der Waals surface area contributed by atoms with Crippen molar-refractivity contribution in [1.29, 1.82) is 0 Å². The summed E-state index contributed by atoms with van der Waals surface area (Å²) in [5, 5.41) is 9.68. The number of benzene rings is 1. The van der Waals surface area contributed by atoms with E-state index in [-0.39, 0.29) is 4.90 Å². The summed E-state index contributed by atoms with van der Waals surface area (Å²) in [7, 11) is -3.67. The van der Waals surface area contributed by atoms with Gasteiger partial charge in [0.25, 0.3) is 0 Å². The Hall–Kier alpha value is -1.35. The van der Waals surface area contributed by atoms with Gasteiger partial charge in [-0.15, -0.1) is 10.2 Å². The lowest BCUT2D eigenvalue weighted by Gasteiger charge is -2.15. The number of nitrogens with one attached hydrogen (secondary N) is 1. The Morgan fingerprint density at radius 3 is 2.54 bits per heavy atom. The van der Waals surface area contributed by atoms with E-state index in [9.17, 15) is 8.42 Å². The number of allylic oxidation sites excluding steroid dienone is 1. The van der Waals surface area contributed by atoms with E-state index in [1.165, 1.54) is 17.7 Å². The molecule has 1 heterocycles. The summed E-state index contributed by atoms with van der Waals surface area (Å²) in [4.78, 5) is 0.162. The fraction of sp³-hybridized carbons (Fsp3) is 0.412. The normalized spacial score (nSPS) is 12.8. The van der Waals surface area contributed by atoms with Crippen LogP contribution in [0.25, 0.3) is 0 Å². The predicted molar refractivity (Wildman–Crippen MR) is 106 cm³/mol. The summed E-state index contributed by atoms with van der Waals surface area (Å²) >= 11 is 7.40. The number of hydrogen-bond donors (Lipinski definition) is 1. The van der Waals surface area contributed by atoms with Crippen molar-refractivity contribution in [2.45, 2.75) is 50.3 Å². The molecular weight excluding hydrogens is 392 g/mol. The predicted octanol–water partition coefficient (Wildman–Crippen LogP) is 4.05. The first-order valence-electron chi connectivity index (χ1n) is 8.21. The summed E-state index contributed by atoms with van der Waals surface area (Å²) in [5.74, 6) is 1.38. The first kappa shape index (κ1) is 21.0. The summed E-state index contributed by atoms with van der Waals surface area (Å²) in [5.41, 5.74) is 1.24. The highest BCUT2D eigenvalue weighted by Gasteiger charge is 2.23. The van der Waals surface area contributed by atoms with E-state index in [0.717, 1.165) is 10.9 Å². The van der Waals surface area contributed by atoms with Crippen molar-refractivity contribution in [2.75, 3.05) is 5.75 Å². The van der Waals surface area contributed by atoms with E-state index in [4.69, 9.17) is 11.6 Å². The molecule has 0 saturated heterocycles. The molecule has 0 fully saturated rings. The molecule has 0 radical (unpaired) electrons. The summed E-state index contributed by atoms with van der Waals surface area (Å²) in [6.07, 6.45) is 2.12. The van der Waals surface area contributed by atoms with Crippen LogP contribution in [0.15, 0.2) is 46.0 Å². The number of sulfonamides is 1. The number of nitrogens with zero attached hydrogens (tertiary/aromatic N) is 3. The molecule has 9 heteroatoms. The highest BCUT2D eigenvalue weighted by Crippen LogP contribution is 2.22. The molecule has 0 aliphatic carbocycles. The molecule has 0 saturated carbocycles. The molecule has 0 unspecified atom stereocenters. The van der Waals surface area contributed by atoms with E-state index in [1.807, 2.05) is 25.3 Å². The molecule has 0 aliphatic heterocycles. The maximum absolute atomic E-state index is 12.6. The Morgan fingerprint density at radius 2 is 1.96 bits per heavy atom. The zero-order chi connectivity index (χ0) is 19.3. The van der Waals surface area contributed by atoms with Crippen molar-refractivity contribution in [3.63, 3.8) is 0 Å². The van der Waals surface area contributed by atoms with E-state index in [2.05, 4.69) is 21.0 Å². The third-order valence-electron chi connectivity index (χ3n) is 3.61. The Bertz CT molecular complexity index is 873. The number of rotatable bonds is 8. The first-order valence-corrected chi connectivity index (χ1v) is 11.1. The van der Waals surface area contributed by atoms with Gasteiger partial charge in [-0.2, -0.15) is 0 Å². The number of aromatic nitrogens is 3. The van der Waals surface area contributed by atoms with Crippen molar-refractivity contribution in [2.24, 2.45) is 0 Å². The van der Waals surface area contributed by atoms with Gasteiger partial charge in [-0.1, -0.05) is 35.0 Å². The second-order valence-corrected chi connectivity index (χ2v) is 9.11. The maximum atomic E-state index is 12.6. The lowest BCUT2D eigenvalue weighted by molar-refractivity contribution is 0.539. The van der Waals surface area contributed by atoms with Crippen molar-refractivity contribution in [3.05, 3.63) is 46.8 Å². The van der Waals surface area contributed by atoms with Gasteiger partial charge in [0.05, 0.1) is 10.9 Å². The molecule has 2 aromatic rings. The molecule has 0 amide bonds. The average Bonchev–Trinajstić information content (AvgIpc) is 2.97. The van der Waals surface area contributed by atoms with Crippen LogP contribution in [0.4, 0.5) is 0 Å². The topological polar surface area (TPSA) is 76.9 Å². The van der Waals surface area contributed by atoms with Crippen LogP contribution in [0.1, 0.15) is 39.6 Å². The summed E-state index contributed by atoms with van der Waals surface area (Å²) in [6.45, 7) is 8.49. The molecule has 142 valence electrons. The van der Waals surface area contributed by atoms with Gasteiger partial charge in [0.1, 0.15) is 0 Å². The van der Waals surface area contributed by atoms with Crippen LogP contribution in [0.5, 0.6) is 0 Å². The highest BCUT2D eigenvalue weighted by molar-refractivity contribution is 7.99. The lowest BCUT2D eigenvalue weighted by Crippen LogP contribution is -2.29. The number of hydrogen-bond acceptors (Lipinski definition) is 5. The Kier molecular flexibility index (Phi) is 7.28. The molecule has 1 aromatic heterocycles. The van der Waals surface area contributed by atoms with Crippen LogP contribution >= 0.6 is 23.4 Å². The van der Waals surface area contributed by atoms with Crippen molar-refractivity contribution in [1.82, 2.24) is 19.5 Å². The molecule has 1 N–H and O–H groups in total. The standard InChI is InChI=1S/C17H23ClN4O2S2/c1-5-22-16(19-20-17(22)25-11-10-12(2)3)13(4)21-26(23,24)15-8-6-14(18)7-9-15/h6-10,13,21H,5,11H2,1-4H3/t13-/m1/s1. The van der Waals surface area contributed by atoms with Crippen molar-refractivity contribution < 1.29 is 8.42 Å². The van der Waals surface area contributed by atoms with Gasteiger partial charge in [-0.3, -0.25) is 0 Å². The van der Waals surface area contributed by atoms with Crippen LogP contribution in [0.3, 0.4) is 0 Å². The third-order valence-corrected chi connectivity index (χ3v) is 6.31. The minimum absolute atomic E-state index is 0.162. The largest absolute Gasteiger partial charge is 0.305 e. The zero-order valence-corrected chi connectivity index (χ0v) is 17.6. The third kappa shape index (κ3) is 5.33. The molecule has 26 heavy (non-hydrogen) atoms. The quantitative estimate of drug-likeness (QED) is 0.520. The van der Waals surface area contributed by atoms with E-state index in [0.29, 0.717) is 17.4 Å². The fourth-order valence-corrected chi connectivity index (χ4v) is 4.64. The van der Waals surface area contributed by atoms with Gasteiger partial charge >= 0.3 is 0 Å². The van der Waals surface area contributed by atoms with Gasteiger partial charge in [0.2, 0.25) is 10.0 Å². The van der Waals surface area contributed by atoms with E-state index in [1.54, 1.807) is 30.8 Å². The van der Waals surface area contributed by atoms with Gasteiger partial charge in [0, 0.05) is 17.3 Å². The van der Waals surface area contributed by atoms with Crippen molar-refractivity contribution >= 4 is 33.4 Å². The van der Waals surface area contributed by atoms with E-state index >= 15 is 0 Å². The second-order valence-electron chi connectivity index (χ2n) is 5.97. The molecule has 1 aromatic carbocycles. The summed E-state index contributed by atoms with van der Waals surface area (Å²) < 4.78 is 29.7. The van der Waals surface area contributed by atoms with E-state index < -0.39 is 16.1 Å². The average molecular weight is 415 g/mol.